The average Bonchev–Trinajstić information content (AvgIpc) is 3.22. The number of fused-ring (bicyclic) bond motifs is 1. The van der Waals surface area contributed by atoms with Gasteiger partial charge in [-0.25, -0.2) is 4.79 Å². The van der Waals surface area contributed by atoms with Crippen LogP contribution in [0.15, 0.2) is 46.6 Å². The van der Waals surface area contributed by atoms with Crippen LogP contribution >= 0.6 is 11.5 Å². The highest BCUT2D eigenvalue weighted by atomic mass is 32.1. The molecule has 0 bridgehead atoms. The maximum Gasteiger partial charge on any atom is 0.341 e. The highest BCUT2D eigenvalue weighted by molar-refractivity contribution is 7.11. The van der Waals surface area contributed by atoms with Crippen LogP contribution in [-0.2, 0) is 14.4 Å². The lowest BCUT2D eigenvalue weighted by molar-refractivity contribution is -0.384. The molecule has 1 unspecified atom stereocenters. The fraction of sp³-hybridized carbons (Fsp3) is 0.200. The van der Waals surface area contributed by atoms with Crippen LogP contribution in [0.25, 0.3) is 10.9 Å². The number of benzene rings is 2. The largest absolute Gasteiger partial charge is 0.480 e. The minimum Gasteiger partial charge on any atom is -0.480 e. The number of ether oxygens (including phenoxy) is 1. The van der Waals surface area contributed by atoms with Gasteiger partial charge in [-0.2, -0.15) is 4.37 Å². The molecule has 1 heterocycles. The third-order valence-electron chi connectivity index (χ3n) is 4.50. The summed E-state index contributed by atoms with van der Waals surface area (Å²) in [4.78, 5) is 44.2. The number of hydrogen-bond donors (Lipinski definition) is 6. The molecule has 11 N–H and O–H groups in total. The fourth-order valence-corrected chi connectivity index (χ4v) is 3.45. The number of rotatable bonds is 11. The summed E-state index contributed by atoms with van der Waals surface area (Å²) in [5.74, 6) is -2.94. The van der Waals surface area contributed by atoms with Crippen LogP contribution in [0.4, 0.5) is 22.1 Å². The summed E-state index contributed by atoms with van der Waals surface area (Å²) in [5, 5.41) is 40.3. The number of carboxylic acids is 2. The van der Waals surface area contributed by atoms with Crippen LogP contribution in [0.1, 0.15) is 12.8 Å². The number of nitrogens with zero attached hydrogens (tertiary/aromatic N) is 4. The van der Waals surface area contributed by atoms with Crippen molar-refractivity contribution in [2.75, 3.05) is 11.9 Å². The normalized spacial score (nSPS) is 11.3. The quantitative estimate of drug-likeness (QED) is 0.116. The predicted molar refractivity (Wildman–Crippen MR) is 134 cm³/mol. The van der Waals surface area contributed by atoms with E-state index in [2.05, 4.69) is 19.9 Å². The number of azo groups is 1. The van der Waals surface area contributed by atoms with Crippen molar-refractivity contribution in [2.24, 2.45) is 16.0 Å². The number of nitrogens with one attached hydrogen (secondary N) is 1. The van der Waals surface area contributed by atoms with Gasteiger partial charge in [0.05, 0.1) is 10.4 Å². The first-order valence-corrected chi connectivity index (χ1v) is 10.6. The first-order chi connectivity index (χ1) is 16.6. The number of hydrogen-bond acceptors (Lipinski definition) is 13. The molecule has 0 aliphatic heterocycles. The van der Waals surface area contributed by atoms with E-state index in [1.807, 2.05) is 0 Å². The summed E-state index contributed by atoms with van der Waals surface area (Å²) < 4.78 is 9.39. The van der Waals surface area contributed by atoms with Gasteiger partial charge in [-0.3, -0.25) is 19.7 Å². The third kappa shape index (κ3) is 8.25. The van der Waals surface area contributed by atoms with Crippen molar-refractivity contribution in [3.8, 4) is 5.75 Å². The minimum atomic E-state index is -1.24. The van der Waals surface area contributed by atoms with Crippen molar-refractivity contribution in [1.82, 2.24) is 16.7 Å². The van der Waals surface area contributed by atoms with E-state index in [4.69, 9.17) is 20.7 Å². The molecule has 0 radical (unpaired) electrons. The van der Waals surface area contributed by atoms with Crippen LogP contribution in [0.3, 0.4) is 0 Å². The van der Waals surface area contributed by atoms with Gasteiger partial charge >= 0.3 is 11.9 Å². The summed E-state index contributed by atoms with van der Waals surface area (Å²) in [7, 11) is 0. The number of aromatic nitrogens is 1. The average molecular weight is 537 g/mol. The molecule has 2 aromatic carbocycles. The molecule has 1 amide bonds. The highest BCUT2D eigenvalue weighted by Crippen LogP contribution is 2.36. The van der Waals surface area contributed by atoms with Crippen LogP contribution in [0.2, 0.25) is 0 Å². The summed E-state index contributed by atoms with van der Waals surface area (Å²) in [5.41, 5.74) is 6.06. The topological polar surface area (TPSA) is 290 Å². The van der Waals surface area contributed by atoms with E-state index in [0.29, 0.717) is 15.9 Å². The van der Waals surface area contributed by atoms with Gasteiger partial charge in [0.25, 0.3) is 5.69 Å². The number of aliphatic carboxylic acids is 2. The van der Waals surface area contributed by atoms with Gasteiger partial charge in [-0.1, -0.05) is 0 Å². The highest BCUT2D eigenvalue weighted by Gasteiger charge is 2.15. The van der Waals surface area contributed by atoms with E-state index in [9.17, 15) is 24.5 Å². The second kappa shape index (κ2) is 13.5. The van der Waals surface area contributed by atoms with Gasteiger partial charge in [0.2, 0.25) is 5.91 Å². The molecule has 37 heavy (non-hydrogen) atoms. The Labute approximate surface area is 212 Å². The third-order valence-corrected chi connectivity index (χ3v) is 5.26. The second-order valence-electron chi connectivity index (χ2n) is 7.04. The smallest absolute Gasteiger partial charge is 0.341 e. The van der Waals surface area contributed by atoms with E-state index >= 15 is 0 Å². The van der Waals surface area contributed by atoms with Crippen molar-refractivity contribution < 1.29 is 34.3 Å². The lowest BCUT2D eigenvalue weighted by atomic mass is 10.1. The molecule has 0 saturated carbocycles. The zero-order valence-electron chi connectivity index (χ0n) is 19.2. The van der Waals surface area contributed by atoms with Crippen molar-refractivity contribution in [3.63, 3.8) is 0 Å². The number of carbonyl (C=O) groups excluding carboxylic acids is 1. The van der Waals surface area contributed by atoms with Crippen LogP contribution in [0, 0.1) is 10.1 Å². The standard InChI is InChI=1S/C20H18N6O8S.2H3N/c21-13(20(30)31)4-6-17(27)22-10-1-5-14(16(7-10)34-9-18(28)29)23-24-19-12-3-2-11(26(32)33)8-15(12)25-35-19;;/h1-3,5,7-8,13H,4,6,9,21H2,(H,22,27)(H,28,29)(H,30,31);2*1H3/b24-23+;;. The van der Waals surface area contributed by atoms with Gasteiger partial charge in [-0.15, -0.1) is 10.2 Å². The summed E-state index contributed by atoms with van der Waals surface area (Å²) >= 11 is 0.971. The minimum absolute atomic E-state index is 0. The molecule has 1 aromatic heterocycles. The molecule has 0 spiro atoms. The molecule has 0 fully saturated rings. The van der Waals surface area contributed by atoms with Crippen LogP contribution in [0.5, 0.6) is 5.75 Å². The Morgan fingerprint density at radius 2 is 1.89 bits per heavy atom. The molecule has 0 aliphatic carbocycles. The van der Waals surface area contributed by atoms with E-state index in [0.717, 1.165) is 11.5 Å². The Morgan fingerprint density at radius 3 is 2.54 bits per heavy atom. The van der Waals surface area contributed by atoms with Crippen molar-refractivity contribution in [2.45, 2.75) is 18.9 Å². The monoisotopic (exact) mass is 536 g/mol. The number of amides is 1. The zero-order chi connectivity index (χ0) is 25.5. The fourth-order valence-electron chi connectivity index (χ4n) is 2.77. The zero-order valence-corrected chi connectivity index (χ0v) is 20.0. The molecule has 0 aliphatic rings. The van der Waals surface area contributed by atoms with E-state index < -0.39 is 35.4 Å². The Balaban J connectivity index is 0.00000342. The molecule has 16 nitrogen and oxygen atoms in total. The Hall–Kier alpha value is -4.58. The number of non-ortho nitro benzene ring substituents is 1. The van der Waals surface area contributed by atoms with Gasteiger partial charge in [-0.05, 0) is 36.2 Å². The van der Waals surface area contributed by atoms with Crippen LogP contribution in [-0.4, -0.2) is 50.0 Å². The molecular formula is C20H24N8O8S. The lowest BCUT2D eigenvalue weighted by Gasteiger charge is -2.11. The number of carboxylic acid groups (broad SMARTS) is 2. The molecular weight excluding hydrogens is 512 g/mol. The lowest BCUT2D eigenvalue weighted by Crippen LogP contribution is -2.31. The number of carbonyl (C=O) groups is 3. The predicted octanol–water partition coefficient (Wildman–Crippen LogP) is 3.54. The SMILES string of the molecule is N.N.NC(CCC(=O)Nc1ccc(/N=N/c2snc3cc([N+](=O)[O-])ccc23)c(OCC(=O)O)c1)C(=O)O. The summed E-state index contributed by atoms with van der Waals surface area (Å²) in [6.45, 7) is -0.680. The van der Waals surface area contributed by atoms with Crippen molar-refractivity contribution in [3.05, 3.63) is 46.5 Å². The first-order valence-electron chi connectivity index (χ1n) is 9.86. The molecule has 17 heteroatoms. The van der Waals surface area contributed by atoms with Gasteiger partial charge in [0.1, 0.15) is 17.5 Å². The second-order valence-corrected chi connectivity index (χ2v) is 7.79. The van der Waals surface area contributed by atoms with Gasteiger partial charge in [0, 0.05) is 35.7 Å². The molecule has 3 rings (SSSR count). The number of nitro benzene ring substituents is 1. The first kappa shape index (κ1) is 30.5. The number of nitro groups is 1. The van der Waals surface area contributed by atoms with E-state index in [1.54, 1.807) is 0 Å². The molecule has 198 valence electrons. The van der Waals surface area contributed by atoms with Crippen molar-refractivity contribution in [1.29, 1.82) is 0 Å². The van der Waals surface area contributed by atoms with E-state index in [-0.39, 0.29) is 48.0 Å². The Kier molecular flexibility index (Phi) is 11.1. The van der Waals surface area contributed by atoms with Crippen LogP contribution < -0.4 is 28.1 Å². The number of nitrogens with two attached hydrogens (primary N) is 1. The Morgan fingerprint density at radius 1 is 1.16 bits per heavy atom. The number of anilines is 1. The summed E-state index contributed by atoms with van der Waals surface area (Å²) in [6.07, 6.45) is -0.210. The van der Waals surface area contributed by atoms with Gasteiger partial charge in [0.15, 0.2) is 11.6 Å². The maximum atomic E-state index is 12.1. The van der Waals surface area contributed by atoms with Gasteiger partial charge < -0.3 is 38.3 Å². The molecule has 1 atom stereocenters. The molecule has 3 aromatic rings. The van der Waals surface area contributed by atoms with Crippen molar-refractivity contribution >= 4 is 62.3 Å². The molecule has 0 saturated heterocycles. The maximum absolute atomic E-state index is 12.1. The van der Waals surface area contributed by atoms with E-state index in [1.165, 1.54) is 36.4 Å². The summed E-state index contributed by atoms with van der Waals surface area (Å²) in [6, 6.07) is 7.22. The Bertz CT molecular complexity index is 1330.